The summed E-state index contributed by atoms with van der Waals surface area (Å²) in [6, 6.07) is 13.6. The van der Waals surface area contributed by atoms with E-state index in [1.54, 1.807) is 11.1 Å². The molecule has 0 heterocycles. The van der Waals surface area contributed by atoms with Crippen LogP contribution in [0, 0.1) is 5.41 Å². The first kappa shape index (κ1) is 17.0. The molecule has 1 heteroatoms. The second kappa shape index (κ2) is 7.28. The van der Waals surface area contributed by atoms with Gasteiger partial charge in [0.05, 0.1) is 0 Å². The molecule has 1 saturated carbocycles. The van der Waals surface area contributed by atoms with E-state index in [-0.39, 0.29) is 0 Å². The molecule has 0 saturated heterocycles. The molecule has 2 unspecified atom stereocenters. The number of hydrogen-bond donors (Lipinski definition) is 1. The molecule has 22 heavy (non-hydrogen) atoms. The molecule has 1 fully saturated rings. The third-order valence-electron chi connectivity index (χ3n) is 5.48. The molecule has 2 aromatic rings. The van der Waals surface area contributed by atoms with Crippen molar-refractivity contribution in [2.45, 2.75) is 58.8 Å². The summed E-state index contributed by atoms with van der Waals surface area (Å²) in [5.74, 6) is 0.825. The van der Waals surface area contributed by atoms with E-state index in [2.05, 4.69) is 43.3 Å². The maximum Gasteiger partial charge on any atom is 0.0319 e. The highest BCUT2D eigenvalue weighted by Gasteiger charge is 2.42. The summed E-state index contributed by atoms with van der Waals surface area (Å²) < 4.78 is 0. The van der Waals surface area contributed by atoms with Crippen LogP contribution in [-0.4, -0.2) is 12.2 Å². The van der Waals surface area contributed by atoms with Crippen molar-refractivity contribution in [1.29, 1.82) is 0 Å². The van der Waals surface area contributed by atoms with E-state index in [1.165, 1.54) is 42.9 Å². The fraction of sp³-hybridized carbons (Fsp3) is 0.524. The average Bonchev–Trinajstić information content (AvgIpc) is 3.00. The van der Waals surface area contributed by atoms with Crippen LogP contribution in [-0.2, 0) is 6.42 Å². The van der Waals surface area contributed by atoms with Crippen molar-refractivity contribution in [2.24, 2.45) is 5.41 Å². The third-order valence-corrected chi connectivity index (χ3v) is 5.48. The molecule has 1 nitrogen and oxygen atoms in total. The summed E-state index contributed by atoms with van der Waals surface area (Å²) in [6.07, 6.45) is 6.93. The van der Waals surface area contributed by atoms with Crippen LogP contribution in [0.1, 0.15) is 63.5 Å². The minimum Gasteiger partial charge on any atom is -0.400 e. The third kappa shape index (κ3) is 2.79. The first-order valence-corrected chi connectivity index (χ1v) is 8.73. The van der Waals surface area contributed by atoms with Crippen molar-refractivity contribution >= 4 is 10.8 Å². The van der Waals surface area contributed by atoms with Crippen LogP contribution in [0.3, 0.4) is 0 Å². The molecule has 2 aliphatic carbocycles. The molecule has 0 aromatic heterocycles. The molecule has 0 amide bonds. The number of benzene rings is 2. The predicted octanol–water partition coefficient (Wildman–Crippen LogP) is 5.69. The summed E-state index contributed by atoms with van der Waals surface area (Å²) in [7, 11) is 1.00. The summed E-state index contributed by atoms with van der Waals surface area (Å²) >= 11 is 0. The van der Waals surface area contributed by atoms with E-state index in [0.717, 1.165) is 13.0 Å². The van der Waals surface area contributed by atoms with Crippen LogP contribution in [0.15, 0.2) is 36.4 Å². The van der Waals surface area contributed by atoms with Crippen LogP contribution < -0.4 is 0 Å². The zero-order chi connectivity index (χ0) is 16.2. The molecule has 0 spiro atoms. The standard InChI is InChI=1S/C18H20.C2H6.CH4O/c1-18-11-4-7-17(18)16-9-8-13-5-2-3-6-14(13)15(16)10-12-18;2*1-2/h2-3,5-6,8-9,17H,4,7,10-12H2,1H3;1-2H3;2H,1H3. The van der Waals surface area contributed by atoms with Gasteiger partial charge < -0.3 is 5.11 Å². The molecule has 4 rings (SSSR count). The second-order valence-corrected chi connectivity index (χ2v) is 6.45. The Hall–Kier alpha value is -1.34. The van der Waals surface area contributed by atoms with Crippen LogP contribution in [0.25, 0.3) is 10.8 Å². The van der Waals surface area contributed by atoms with E-state index in [9.17, 15) is 0 Å². The molecule has 0 aliphatic heterocycles. The normalized spacial score (nSPS) is 25.2. The largest absolute Gasteiger partial charge is 0.400 e. The first-order valence-electron chi connectivity index (χ1n) is 8.73. The number of hydrogen-bond acceptors (Lipinski definition) is 1. The lowest BCUT2D eigenvalue weighted by Gasteiger charge is -2.38. The van der Waals surface area contributed by atoms with E-state index < -0.39 is 0 Å². The predicted molar refractivity (Wildman–Crippen MR) is 96.5 cm³/mol. The van der Waals surface area contributed by atoms with E-state index in [0.29, 0.717) is 5.41 Å². The van der Waals surface area contributed by atoms with Gasteiger partial charge in [0.2, 0.25) is 0 Å². The van der Waals surface area contributed by atoms with Crippen molar-refractivity contribution in [1.82, 2.24) is 0 Å². The van der Waals surface area contributed by atoms with E-state index in [1.807, 2.05) is 13.8 Å². The molecule has 2 atom stereocenters. The van der Waals surface area contributed by atoms with Gasteiger partial charge in [0, 0.05) is 7.11 Å². The monoisotopic (exact) mass is 298 g/mol. The maximum absolute atomic E-state index is 7.00. The minimum absolute atomic E-state index is 0.593. The van der Waals surface area contributed by atoms with Crippen LogP contribution in [0.4, 0.5) is 0 Å². The zero-order valence-electron chi connectivity index (χ0n) is 14.5. The van der Waals surface area contributed by atoms with Gasteiger partial charge in [-0.1, -0.05) is 63.6 Å². The maximum atomic E-state index is 7.00. The lowest BCUT2D eigenvalue weighted by atomic mass is 9.66. The zero-order valence-corrected chi connectivity index (χ0v) is 14.5. The van der Waals surface area contributed by atoms with Crippen LogP contribution >= 0.6 is 0 Å². The van der Waals surface area contributed by atoms with Crippen molar-refractivity contribution < 1.29 is 5.11 Å². The number of rotatable bonds is 0. The quantitative estimate of drug-likeness (QED) is 0.662. The molecular formula is C21H30O. The highest BCUT2D eigenvalue weighted by Crippen LogP contribution is 2.56. The summed E-state index contributed by atoms with van der Waals surface area (Å²) in [5.41, 5.74) is 3.91. The van der Waals surface area contributed by atoms with Gasteiger partial charge >= 0.3 is 0 Å². The van der Waals surface area contributed by atoms with Crippen molar-refractivity contribution in [2.75, 3.05) is 7.11 Å². The number of aliphatic hydroxyl groups is 1. The molecule has 0 bridgehead atoms. The Morgan fingerprint density at radius 1 is 1.00 bits per heavy atom. The molecule has 1 N–H and O–H groups in total. The average molecular weight is 298 g/mol. The molecule has 120 valence electrons. The van der Waals surface area contributed by atoms with Gasteiger partial charge in [0.25, 0.3) is 0 Å². The van der Waals surface area contributed by atoms with Gasteiger partial charge in [0.1, 0.15) is 0 Å². The van der Waals surface area contributed by atoms with Gasteiger partial charge in [0.15, 0.2) is 0 Å². The summed E-state index contributed by atoms with van der Waals surface area (Å²) in [6.45, 7) is 6.52. The highest BCUT2D eigenvalue weighted by atomic mass is 16.2. The minimum atomic E-state index is 0.593. The Morgan fingerprint density at radius 2 is 1.73 bits per heavy atom. The Kier molecular flexibility index (Phi) is 5.63. The van der Waals surface area contributed by atoms with Gasteiger partial charge in [-0.2, -0.15) is 0 Å². The van der Waals surface area contributed by atoms with Crippen LogP contribution in [0.5, 0.6) is 0 Å². The molecule has 2 aromatic carbocycles. The first-order chi connectivity index (χ1) is 10.8. The molecular weight excluding hydrogens is 268 g/mol. The van der Waals surface area contributed by atoms with Gasteiger partial charge in [-0.05, 0) is 58.9 Å². The smallest absolute Gasteiger partial charge is 0.0319 e. The Labute approximate surface area is 135 Å². The van der Waals surface area contributed by atoms with Crippen LogP contribution in [0.2, 0.25) is 0 Å². The van der Waals surface area contributed by atoms with Gasteiger partial charge in [-0.15, -0.1) is 0 Å². The fourth-order valence-corrected chi connectivity index (χ4v) is 4.43. The lowest BCUT2D eigenvalue weighted by Crippen LogP contribution is -2.26. The van der Waals surface area contributed by atoms with E-state index >= 15 is 0 Å². The van der Waals surface area contributed by atoms with Crippen molar-refractivity contribution in [3.05, 3.63) is 47.5 Å². The summed E-state index contributed by atoms with van der Waals surface area (Å²) in [4.78, 5) is 0. The summed E-state index contributed by atoms with van der Waals surface area (Å²) in [5, 5.41) is 9.92. The number of aryl methyl sites for hydroxylation is 1. The highest BCUT2D eigenvalue weighted by molar-refractivity contribution is 5.87. The Bertz CT molecular complexity index is 616. The van der Waals surface area contributed by atoms with Gasteiger partial charge in [-0.3, -0.25) is 0 Å². The lowest BCUT2D eigenvalue weighted by molar-refractivity contribution is 0.253. The van der Waals surface area contributed by atoms with E-state index in [4.69, 9.17) is 5.11 Å². The topological polar surface area (TPSA) is 20.2 Å². The van der Waals surface area contributed by atoms with Gasteiger partial charge in [-0.25, -0.2) is 0 Å². The molecule has 0 radical (unpaired) electrons. The number of aliphatic hydroxyl groups excluding tert-OH is 1. The Balaban J connectivity index is 0.000000410. The van der Waals surface area contributed by atoms with Crippen molar-refractivity contribution in [3.63, 3.8) is 0 Å². The SMILES string of the molecule is CC.CC12CCCC1c1ccc3ccccc3c1CC2.CO. The molecule has 2 aliphatic rings. The van der Waals surface area contributed by atoms with Crippen molar-refractivity contribution in [3.8, 4) is 0 Å². The Morgan fingerprint density at radius 3 is 2.50 bits per heavy atom. The number of fused-ring (bicyclic) bond motifs is 5. The fourth-order valence-electron chi connectivity index (χ4n) is 4.43. The second-order valence-electron chi connectivity index (χ2n) is 6.45.